The number of carboxylic acids is 1. The van der Waals surface area contributed by atoms with Crippen LogP contribution in [0.25, 0.3) is 0 Å². The van der Waals surface area contributed by atoms with Crippen molar-refractivity contribution in [1.29, 1.82) is 0 Å². The first-order valence-electron chi connectivity index (χ1n) is 13.0. The smallest absolute Gasteiger partial charge is 0.322 e. The summed E-state index contributed by atoms with van der Waals surface area (Å²) in [6, 6.07) is 0. The fourth-order valence-corrected chi connectivity index (χ4v) is 8.95. The van der Waals surface area contributed by atoms with Gasteiger partial charge < -0.3 is 25.7 Å². The molecule has 0 aromatic heterocycles. The minimum atomic E-state index is -1.04. The van der Waals surface area contributed by atoms with Crippen LogP contribution in [0, 0.1) is 46.3 Å². The van der Waals surface area contributed by atoms with Gasteiger partial charge in [0.25, 0.3) is 0 Å². The molecule has 4 fully saturated rings. The molecule has 5 N–H and O–H groups in total. The highest BCUT2D eigenvalue weighted by Crippen LogP contribution is 2.68. The van der Waals surface area contributed by atoms with E-state index in [1.807, 2.05) is 0 Å². The Morgan fingerprint density at radius 3 is 2.45 bits per heavy atom. The minimum Gasteiger partial charge on any atom is -0.480 e. The molecule has 7 nitrogen and oxygen atoms in total. The molecule has 1 amide bonds. The van der Waals surface area contributed by atoms with Crippen molar-refractivity contribution in [2.24, 2.45) is 46.3 Å². The molecule has 4 rings (SSSR count). The number of hydrogen-bond donors (Lipinski definition) is 5. The van der Waals surface area contributed by atoms with E-state index in [4.69, 9.17) is 5.11 Å². The second-order valence-corrected chi connectivity index (χ2v) is 12.2. The van der Waals surface area contributed by atoms with E-state index in [0.717, 1.165) is 38.5 Å². The normalized spacial score (nSPS) is 47.7. The van der Waals surface area contributed by atoms with Gasteiger partial charge in [0.1, 0.15) is 6.54 Å². The first-order chi connectivity index (χ1) is 15.5. The number of aliphatic hydroxyl groups excluding tert-OH is 3. The van der Waals surface area contributed by atoms with Crippen LogP contribution in [0.2, 0.25) is 0 Å². The Labute approximate surface area is 197 Å². The second-order valence-electron chi connectivity index (χ2n) is 12.2. The molecule has 1 unspecified atom stereocenters. The van der Waals surface area contributed by atoms with E-state index in [0.29, 0.717) is 25.2 Å². The average molecular weight is 466 g/mol. The highest BCUT2D eigenvalue weighted by molar-refractivity contribution is 5.81. The predicted molar refractivity (Wildman–Crippen MR) is 123 cm³/mol. The standard InChI is InChI=1S/C26H43NO6/c1-14(4-7-22(31)27-13-23(32)33)17-5-6-18-24-19(12-21(30)26(17,18)3)25(2)9-8-16(28)10-15(25)11-20(24)29/h14-21,24,28-30H,4-13H2,1-3H3,(H,27,31)(H,32,33)/t14-,15?,16-,17-,18+,19+,20+,21+,24+,25+,26-/m1/s1. The lowest BCUT2D eigenvalue weighted by molar-refractivity contribution is -0.207. The third kappa shape index (κ3) is 4.23. The Morgan fingerprint density at radius 2 is 1.76 bits per heavy atom. The molecule has 0 spiro atoms. The summed E-state index contributed by atoms with van der Waals surface area (Å²) < 4.78 is 0. The van der Waals surface area contributed by atoms with Gasteiger partial charge in [0.05, 0.1) is 18.3 Å². The lowest BCUT2D eigenvalue weighted by Crippen LogP contribution is -2.62. The van der Waals surface area contributed by atoms with Gasteiger partial charge in [-0.3, -0.25) is 9.59 Å². The van der Waals surface area contributed by atoms with Gasteiger partial charge in [-0.15, -0.1) is 0 Å². The summed E-state index contributed by atoms with van der Waals surface area (Å²) in [4.78, 5) is 22.7. The van der Waals surface area contributed by atoms with Crippen molar-refractivity contribution < 1.29 is 30.0 Å². The van der Waals surface area contributed by atoms with Crippen LogP contribution >= 0.6 is 0 Å². The van der Waals surface area contributed by atoms with Crippen molar-refractivity contribution in [3.8, 4) is 0 Å². The quantitative estimate of drug-likeness (QED) is 0.410. The number of carbonyl (C=O) groups excluding carboxylic acids is 1. The topological polar surface area (TPSA) is 127 Å². The molecule has 0 bridgehead atoms. The van der Waals surface area contributed by atoms with Gasteiger partial charge in [-0.2, -0.15) is 0 Å². The van der Waals surface area contributed by atoms with E-state index in [2.05, 4.69) is 26.1 Å². The molecule has 0 aliphatic heterocycles. The highest BCUT2D eigenvalue weighted by Gasteiger charge is 2.65. The summed E-state index contributed by atoms with van der Waals surface area (Å²) in [5.74, 6) is 0.265. The van der Waals surface area contributed by atoms with Gasteiger partial charge in [-0.05, 0) is 97.7 Å². The number of amides is 1. The summed E-state index contributed by atoms with van der Waals surface area (Å²) in [5, 5.41) is 44.4. The van der Waals surface area contributed by atoms with Gasteiger partial charge in [0, 0.05) is 6.42 Å². The molecule has 0 aromatic rings. The Morgan fingerprint density at radius 1 is 1.03 bits per heavy atom. The third-order valence-electron chi connectivity index (χ3n) is 10.8. The van der Waals surface area contributed by atoms with Crippen LogP contribution in [0.1, 0.15) is 78.6 Å². The van der Waals surface area contributed by atoms with Gasteiger partial charge in [0.15, 0.2) is 0 Å². The van der Waals surface area contributed by atoms with Gasteiger partial charge in [-0.25, -0.2) is 0 Å². The maximum absolute atomic E-state index is 12.0. The molecule has 0 heterocycles. The number of fused-ring (bicyclic) bond motifs is 5. The lowest BCUT2D eigenvalue weighted by Gasteiger charge is -2.63. The molecule has 0 aromatic carbocycles. The van der Waals surface area contributed by atoms with Crippen LogP contribution in [0.5, 0.6) is 0 Å². The Hall–Kier alpha value is -1.18. The minimum absolute atomic E-state index is 0.0668. The number of carboxylic acid groups (broad SMARTS) is 1. The SMILES string of the molecule is C[C@H](CCC(=O)NCC(=O)O)[C@H]1CC[C@H]2[C@@H]3[C@@H](O)CC4C[C@H](O)CC[C@]4(C)[C@H]3C[C@H](O)[C@]12C. The van der Waals surface area contributed by atoms with Gasteiger partial charge in [0.2, 0.25) is 5.91 Å². The molecule has 7 heteroatoms. The van der Waals surface area contributed by atoms with Gasteiger partial charge in [-0.1, -0.05) is 20.8 Å². The number of aliphatic hydroxyl groups is 3. The van der Waals surface area contributed by atoms with Crippen molar-refractivity contribution in [1.82, 2.24) is 5.32 Å². The molecule has 0 radical (unpaired) electrons. The molecule has 188 valence electrons. The Kier molecular flexibility index (Phi) is 6.89. The fourth-order valence-electron chi connectivity index (χ4n) is 8.95. The first-order valence-corrected chi connectivity index (χ1v) is 13.0. The Balaban J connectivity index is 1.49. The van der Waals surface area contributed by atoms with Crippen LogP contribution in [-0.2, 0) is 9.59 Å². The van der Waals surface area contributed by atoms with E-state index in [1.54, 1.807) is 0 Å². The number of hydrogen-bond acceptors (Lipinski definition) is 5. The summed E-state index contributed by atoms with van der Waals surface area (Å²) in [7, 11) is 0. The zero-order valence-electron chi connectivity index (χ0n) is 20.4. The van der Waals surface area contributed by atoms with Crippen molar-refractivity contribution in [3.05, 3.63) is 0 Å². The van der Waals surface area contributed by atoms with Crippen molar-refractivity contribution >= 4 is 11.9 Å². The molecule has 4 aliphatic carbocycles. The Bertz CT molecular complexity index is 759. The number of rotatable bonds is 6. The molecule has 4 aliphatic rings. The van der Waals surface area contributed by atoms with Crippen LogP contribution in [-0.4, -0.2) is 57.2 Å². The zero-order chi connectivity index (χ0) is 24.1. The largest absolute Gasteiger partial charge is 0.480 e. The number of carbonyl (C=O) groups is 2. The van der Waals surface area contributed by atoms with Gasteiger partial charge >= 0.3 is 5.97 Å². The maximum atomic E-state index is 12.0. The third-order valence-corrected chi connectivity index (χ3v) is 10.8. The highest BCUT2D eigenvalue weighted by atomic mass is 16.4. The summed E-state index contributed by atoms with van der Waals surface area (Å²) in [6.45, 7) is 6.35. The lowest BCUT2D eigenvalue weighted by atomic mass is 9.43. The van der Waals surface area contributed by atoms with Crippen LogP contribution in [0.3, 0.4) is 0 Å². The molecule has 4 saturated carbocycles. The van der Waals surface area contributed by atoms with E-state index >= 15 is 0 Å². The van der Waals surface area contributed by atoms with Crippen molar-refractivity contribution in [2.75, 3.05) is 6.54 Å². The maximum Gasteiger partial charge on any atom is 0.322 e. The molecule has 0 saturated heterocycles. The summed E-state index contributed by atoms with van der Waals surface area (Å²) >= 11 is 0. The monoisotopic (exact) mass is 465 g/mol. The van der Waals surface area contributed by atoms with Crippen LogP contribution in [0.15, 0.2) is 0 Å². The molecule has 33 heavy (non-hydrogen) atoms. The van der Waals surface area contributed by atoms with Crippen LogP contribution < -0.4 is 5.32 Å². The van der Waals surface area contributed by atoms with E-state index in [-0.39, 0.29) is 65.1 Å². The second kappa shape index (κ2) is 9.12. The van der Waals surface area contributed by atoms with Crippen molar-refractivity contribution in [3.63, 3.8) is 0 Å². The zero-order valence-corrected chi connectivity index (χ0v) is 20.4. The van der Waals surface area contributed by atoms with E-state index in [9.17, 15) is 24.9 Å². The molecule has 11 atom stereocenters. The predicted octanol–water partition coefficient (Wildman–Crippen LogP) is 2.56. The number of aliphatic carboxylic acids is 1. The van der Waals surface area contributed by atoms with Crippen molar-refractivity contribution in [2.45, 2.75) is 96.9 Å². The molecular formula is C26H43NO6. The fraction of sp³-hybridized carbons (Fsp3) is 0.923. The average Bonchev–Trinajstić information content (AvgIpc) is 3.11. The molecular weight excluding hydrogens is 422 g/mol. The van der Waals surface area contributed by atoms with E-state index in [1.165, 1.54) is 0 Å². The first kappa shape index (κ1) is 24.9. The van der Waals surface area contributed by atoms with E-state index < -0.39 is 12.1 Å². The summed E-state index contributed by atoms with van der Waals surface area (Å²) in [6.07, 6.45) is 5.86. The summed E-state index contributed by atoms with van der Waals surface area (Å²) in [5.41, 5.74) is -0.214. The number of nitrogens with one attached hydrogen (secondary N) is 1. The van der Waals surface area contributed by atoms with Crippen LogP contribution in [0.4, 0.5) is 0 Å².